The fourth-order valence-corrected chi connectivity index (χ4v) is 2.14. The molecule has 1 saturated heterocycles. The van der Waals surface area contributed by atoms with E-state index in [0.717, 1.165) is 6.42 Å². The Morgan fingerprint density at radius 1 is 1.53 bits per heavy atom. The highest BCUT2D eigenvalue weighted by atomic mass is 35.5. The van der Waals surface area contributed by atoms with E-state index in [0.29, 0.717) is 29.7 Å². The Bertz CT molecular complexity index is 456. The lowest BCUT2D eigenvalue weighted by molar-refractivity contribution is -0.119. The first-order chi connectivity index (χ1) is 9.06. The van der Waals surface area contributed by atoms with E-state index >= 15 is 0 Å². The Hall–Kier alpha value is -1.26. The maximum Gasteiger partial charge on any atom is 0.229 e. The lowest BCUT2D eigenvalue weighted by Gasteiger charge is -2.13. The second-order valence-electron chi connectivity index (χ2n) is 4.86. The van der Waals surface area contributed by atoms with Gasteiger partial charge in [-0.1, -0.05) is 11.6 Å². The van der Waals surface area contributed by atoms with Gasteiger partial charge in [0, 0.05) is 12.7 Å². The van der Waals surface area contributed by atoms with Crippen LogP contribution in [0.15, 0.2) is 18.2 Å². The summed E-state index contributed by atoms with van der Waals surface area (Å²) in [5, 5.41) is 3.30. The number of rotatable bonds is 4. The van der Waals surface area contributed by atoms with Gasteiger partial charge in [0.05, 0.1) is 29.3 Å². The van der Waals surface area contributed by atoms with Crippen molar-refractivity contribution in [1.82, 2.24) is 0 Å². The van der Waals surface area contributed by atoms with Gasteiger partial charge in [0.15, 0.2) is 0 Å². The van der Waals surface area contributed by atoms with E-state index in [9.17, 15) is 4.79 Å². The van der Waals surface area contributed by atoms with Crippen molar-refractivity contribution in [3.05, 3.63) is 23.2 Å². The number of amides is 1. The Kier molecular flexibility index (Phi) is 4.66. The highest BCUT2D eigenvalue weighted by molar-refractivity contribution is 6.33. The molecular weight excluding hydrogens is 266 g/mol. The zero-order valence-corrected chi connectivity index (χ0v) is 11.9. The smallest absolute Gasteiger partial charge is 0.229 e. The number of carbonyl (C=O) groups excluding carboxylic acids is 1. The molecule has 0 aliphatic carbocycles. The second-order valence-corrected chi connectivity index (χ2v) is 5.27. The highest BCUT2D eigenvalue weighted by Gasteiger charge is 2.24. The maximum atomic E-state index is 11.9. The summed E-state index contributed by atoms with van der Waals surface area (Å²) in [6.07, 6.45) is 0.852. The summed E-state index contributed by atoms with van der Waals surface area (Å²) in [6, 6.07) is 5.27. The average Bonchev–Trinajstić information content (AvgIpc) is 2.85. The summed E-state index contributed by atoms with van der Waals surface area (Å²) in [5.41, 5.74) is 0.606. The molecule has 1 aromatic rings. The first-order valence-electron chi connectivity index (χ1n) is 6.41. The molecule has 1 amide bonds. The van der Waals surface area contributed by atoms with Crippen LogP contribution in [0.1, 0.15) is 20.3 Å². The van der Waals surface area contributed by atoms with E-state index in [2.05, 4.69) is 5.32 Å². The van der Waals surface area contributed by atoms with Crippen molar-refractivity contribution in [1.29, 1.82) is 0 Å². The monoisotopic (exact) mass is 283 g/mol. The molecule has 0 aromatic heterocycles. The third kappa shape index (κ3) is 3.85. The van der Waals surface area contributed by atoms with E-state index in [1.807, 2.05) is 13.8 Å². The Morgan fingerprint density at radius 3 is 2.89 bits per heavy atom. The molecule has 1 aromatic carbocycles. The fourth-order valence-electron chi connectivity index (χ4n) is 1.92. The quantitative estimate of drug-likeness (QED) is 0.924. The third-order valence-electron chi connectivity index (χ3n) is 2.87. The van der Waals surface area contributed by atoms with Crippen LogP contribution in [0.2, 0.25) is 5.02 Å². The Balaban J connectivity index is 2.02. The molecule has 1 aliphatic heterocycles. The molecule has 1 heterocycles. The molecule has 0 bridgehead atoms. The van der Waals surface area contributed by atoms with Crippen LogP contribution in [0, 0.1) is 5.92 Å². The fraction of sp³-hybridized carbons (Fsp3) is 0.500. The SMILES string of the molecule is CC(C)Oc1ccc(NC(=O)[C@H]2CCOC2)c(Cl)c1. The van der Waals surface area contributed by atoms with E-state index in [-0.39, 0.29) is 17.9 Å². The van der Waals surface area contributed by atoms with Crippen LogP contribution in [-0.2, 0) is 9.53 Å². The molecule has 4 nitrogen and oxygen atoms in total. The van der Waals surface area contributed by atoms with Gasteiger partial charge in [0.2, 0.25) is 5.91 Å². The number of carbonyl (C=O) groups is 1. The van der Waals surface area contributed by atoms with Crippen molar-refractivity contribution in [2.45, 2.75) is 26.4 Å². The minimum absolute atomic E-state index is 0.0445. The summed E-state index contributed by atoms with van der Waals surface area (Å²) in [5.74, 6) is 0.571. The lowest BCUT2D eigenvalue weighted by atomic mass is 10.1. The van der Waals surface area contributed by atoms with Crippen molar-refractivity contribution >= 4 is 23.2 Å². The van der Waals surface area contributed by atoms with E-state index in [1.165, 1.54) is 0 Å². The molecule has 1 fully saturated rings. The van der Waals surface area contributed by atoms with Crippen molar-refractivity contribution in [3.63, 3.8) is 0 Å². The number of halogens is 1. The molecule has 19 heavy (non-hydrogen) atoms. The highest BCUT2D eigenvalue weighted by Crippen LogP contribution is 2.28. The number of hydrogen-bond acceptors (Lipinski definition) is 3. The predicted molar refractivity (Wildman–Crippen MR) is 74.8 cm³/mol. The van der Waals surface area contributed by atoms with Gasteiger partial charge in [-0.05, 0) is 32.4 Å². The Labute approximate surface area is 118 Å². The molecule has 1 atom stereocenters. The minimum atomic E-state index is -0.0809. The minimum Gasteiger partial charge on any atom is -0.491 e. The molecule has 0 saturated carbocycles. The third-order valence-corrected chi connectivity index (χ3v) is 3.18. The second kappa shape index (κ2) is 6.26. The van der Waals surface area contributed by atoms with Gasteiger partial charge in [-0.15, -0.1) is 0 Å². The van der Waals surface area contributed by atoms with Gasteiger partial charge in [0.25, 0.3) is 0 Å². The molecular formula is C14H18ClNO3. The average molecular weight is 284 g/mol. The van der Waals surface area contributed by atoms with E-state index in [4.69, 9.17) is 21.1 Å². The van der Waals surface area contributed by atoms with Crippen LogP contribution in [0.5, 0.6) is 5.75 Å². The standard InChI is InChI=1S/C14H18ClNO3/c1-9(2)19-11-3-4-13(12(15)7-11)16-14(17)10-5-6-18-8-10/h3-4,7,9-10H,5-6,8H2,1-2H3,(H,16,17)/t10-/m0/s1. The molecule has 104 valence electrons. The summed E-state index contributed by atoms with van der Waals surface area (Å²) < 4.78 is 10.7. The molecule has 5 heteroatoms. The van der Waals surface area contributed by atoms with Crippen LogP contribution in [-0.4, -0.2) is 25.2 Å². The largest absolute Gasteiger partial charge is 0.491 e. The van der Waals surface area contributed by atoms with Gasteiger partial charge in [-0.3, -0.25) is 4.79 Å². The van der Waals surface area contributed by atoms with Gasteiger partial charge in [0.1, 0.15) is 5.75 Å². The van der Waals surface area contributed by atoms with Gasteiger partial charge in [-0.25, -0.2) is 0 Å². The molecule has 0 spiro atoms. The summed E-state index contributed by atoms with van der Waals surface area (Å²) in [4.78, 5) is 11.9. The van der Waals surface area contributed by atoms with E-state index in [1.54, 1.807) is 18.2 Å². The normalized spacial score (nSPS) is 18.6. The van der Waals surface area contributed by atoms with Crippen molar-refractivity contribution in [3.8, 4) is 5.75 Å². The first-order valence-corrected chi connectivity index (χ1v) is 6.79. The van der Waals surface area contributed by atoms with Crippen LogP contribution in [0.25, 0.3) is 0 Å². The number of anilines is 1. The van der Waals surface area contributed by atoms with Gasteiger partial charge >= 0.3 is 0 Å². The lowest BCUT2D eigenvalue weighted by Crippen LogP contribution is -2.23. The topological polar surface area (TPSA) is 47.6 Å². The summed E-state index contributed by atoms with van der Waals surface area (Å²) >= 11 is 6.14. The first kappa shape index (κ1) is 14.2. The van der Waals surface area contributed by atoms with Crippen LogP contribution < -0.4 is 10.1 Å². The predicted octanol–water partition coefficient (Wildman–Crippen LogP) is 3.10. The molecule has 0 radical (unpaired) electrons. The van der Waals surface area contributed by atoms with Crippen LogP contribution in [0.4, 0.5) is 5.69 Å². The maximum absolute atomic E-state index is 11.9. The number of hydrogen-bond donors (Lipinski definition) is 1. The molecule has 1 aliphatic rings. The summed E-state index contributed by atoms with van der Waals surface area (Å²) in [7, 11) is 0. The number of nitrogens with one attached hydrogen (secondary N) is 1. The van der Waals surface area contributed by atoms with Crippen LogP contribution in [0.3, 0.4) is 0 Å². The van der Waals surface area contributed by atoms with Gasteiger partial charge in [-0.2, -0.15) is 0 Å². The van der Waals surface area contributed by atoms with Crippen molar-refractivity contribution < 1.29 is 14.3 Å². The van der Waals surface area contributed by atoms with Gasteiger partial charge < -0.3 is 14.8 Å². The van der Waals surface area contributed by atoms with Crippen LogP contribution >= 0.6 is 11.6 Å². The number of ether oxygens (including phenoxy) is 2. The van der Waals surface area contributed by atoms with Crippen molar-refractivity contribution in [2.75, 3.05) is 18.5 Å². The zero-order chi connectivity index (χ0) is 13.8. The molecule has 2 rings (SSSR count). The zero-order valence-electron chi connectivity index (χ0n) is 11.1. The Morgan fingerprint density at radius 2 is 2.32 bits per heavy atom. The van der Waals surface area contributed by atoms with Crippen molar-refractivity contribution in [2.24, 2.45) is 5.92 Å². The summed E-state index contributed by atoms with van der Waals surface area (Å²) in [6.45, 7) is 5.03. The van der Waals surface area contributed by atoms with E-state index < -0.39 is 0 Å². The molecule has 1 N–H and O–H groups in total. The molecule has 0 unspecified atom stereocenters. The number of benzene rings is 1.